The van der Waals surface area contributed by atoms with Crippen molar-refractivity contribution in [3.05, 3.63) is 35.9 Å². The average molecular weight is 357 g/mol. The van der Waals surface area contributed by atoms with Crippen molar-refractivity contribution < 1.29 is 14.4 Å². The van der Waals surface area contributed by atoms with Crippen molar-refractivity contribution in [3.63, 3.8) is 0 Å². The molecule has 0 aromatic heterocycles. The summed E-state index contributed by atoms with van der Waals surface area (Å²) in [5.41, 5.74) is 1.10. The van der Waals surface area contributed by atoms with E-state index >= 15 is 0 Å². The Balaban J connectivity index is 1.41. The molecular weight excluding hydrogens is 330 g/mol. The van der Waals surface area contributed by atoms with Crippen LogP contribution >= 0.6 is 0 Å². The van der Waals surface area contributed by atoms with Crippen molar-refractivity contribution in [2.45, 2.75) is 32.2 Å². The molecule has 140 valence electrons. The lowest BCUT2D eigenvalue weighted by Gasteiger charge is -2.36. The van der Waals surface area contributed by atoms with Crippen LogP contribution in [0.15, 0.2) is 30.3 Å². The first-order chi connectivity index (χ1) is 12.7. The van der Waals surface area contributed by atoms with Crippen LogP contribution in [0, 0.1) is 11.8 Å². The minimum atomic E-state index is 0.00896. The number of hydrogen-bond acceptors (Lipinski definition) is 3. The number of hydrogen-bond donors (Lipinski definition) is 1. The molecule has 26 heavy (non-hydrogen) atoms. The Morgan fingerprint density at radius 1 is 0.962 bits per heavy atom. The number of carbonyl (C=O) groups is 3. The Hall–Kier alpha value is -2.37. The smallest absolute Gasteiger partial charge is 0.225 e. The Morgan fingerprint density at radius 2 is 1.58 bits per heavy atom. The van der Waals surface area contributed by atoms with E-state index in [0.717, 1.165) is 37.7 Å². The summed E-state index contributed by atoms with van der Waals surface area (Å²) >= 11 is 0. The number of amides is 3. The summed E-state index contributed by atoms with van der Waals surface area (Å²) in [4.78, 5) is 39.4. The molecule has 6 heteroatoms. The number of carbonyl (C=O) groups excluding carboxylic acids is 3. The maximum Gasteiger partial charge on any atom is 0.225 e. The van der Waals surface area contributed by atoms with Gasteiger partial charge in [-0.15, -0.1) is 0 Å². The molecule has 1 heterocycles. The molecule has 1 aliphatic heterocycles. The largest absolute Gasteiger partial charge is 0.352 e. The van der Waals surface area contributed by atoms with Gasteiger partial charge in [-0.2, -0.15) is 0 Å². The quantitative estimate of drug-likeness (QED) is 0.810. The molecule has 3 amide bonds. The van der Waals surface area contributed by atoms with Gasteiger partial charge in [0.05, 0.1) is 0 Å². The Bertz CT molecular complexity index is 618. The molecule has 6 nitrogen and oxygen atoms in total. The second-order valence-corrected chi connectivity index (χ2v) is 7.22. The molecule has 1 aromatic rings. The van der Waals surface area contributed by atoms with E-state index in [2.05, 4.69) is 5.32 Å². The summed E-state index contributed by atoms with van der Waals surface area (Å²) in [6.07, 6.45) is 3.93. The molecule has 0 bridgehead atoms. The highest BCUT2D eigenvalue weighted by atomic mass is 16.2. The summed E-state index contributed by atoms with van der Waals surface area (Å²) in [5.74, 6) is 0.323. The van der Waals surface area contributed by atoms with Gasteiger partial charge in [-0.1, -0.05) is 30.3 Å². The lowest BCUT2D eigenvalue weighted by molar-refractivity contribution is -0.141. The van der Waals surface area contributed by atoms with Crippen LogP contribution in [0.25, 0.3) is 0 Å². The van der Waals surface area contributed by atoms with E-state index in [9.17, 15) is 14.4 Å². The van der Waals surface area contributed by atoms with Crippen LogP contribution in [0.5, 0.6) is 0 Å². The third-order valence-corrected chi connectivity index (χ3v) is 5.53. The Morgan fingerprint density at radius 3 is 2.19 bits per heavy atom. The van der Waals surface area contributed by atoms with Gasteiger partial charge in [-0.25, -0.2) is 0 Å². The van der Waals surface area contributed by atoms with E-state index in [4.69, 9.17) is 0 Å². The number of rotatable bonds is 5. The standard InChI is InChI=1S/C20H27N3O3/c24-15-22-10-12-23(13-11-22)20(26)18-8-6-17(7-9-18)19(25)21-14-16-4-2-1-3-5-16/h1-5,15,17-18H,6-14H2,(H,21,25). The predicted molar refractivity (Wildman–Crippen MR) is 98.0 cm³/mol. The fraction of sp³-hybridized carbons (Fsp3) is 0.550. The molecule has 0 atom stereocenters. The van der Waals surface area contributed by atoms with Crippen LogP contribution < -0.4 is 5.32 Å². The van der Waals surface area contributed by atoms with Gasteiger partial charge in [0.15, 0.2) is 0 Å². The maximum atomic E-state index is 12.7. The number of nitrogens with zero attached hydrogens (tertiary/aromatic N) is 2. The molecule has 2 aliphatic rings. The predicted octanol–water partition coefficient (Wildman–Crippen LogP) is 1.41. The third-order valence-electron chi connectivity index (χ3n) is 5.53. The normalized spacial score (nSPS) is 23.4. The van der Waals surface area contributed by atoms with Gasteiger partial charge in [-0.3, -0.25) is 14.4 Å². The van der Waals surface area contributed by atoms with Gasteiger partial charge in [0.25, 0.3) is 0 Å². The minimum absolute atomic E-state index is 0.00896. The summed E-state index contributed by atoms with van der Waals surface area (Å²) < 4.78 is 0. The van der Waals surface area contributed by atoms with Gasteiger partial charge in [0, 0.05) is 44.6 Å². The maximum absolute atomic E-state index is 12.7. The van der Waals surface area contributed by atoms with Crippen molar-refractivity contribution in [3.8, 4) is 0 Å². The molecule has 0 unspecified atom stereocenters. The molecule has 1 saturated heterocycles. The lowest BCUT2D eigenvalue weighted by atomic mass is 9.80. The zero-order valence-corrected chi connectivity index (χ0v) is 15.1. The van der Waals surface area contributed by atoms with Crippen LogP contribution in [0.3, 0.4) is 0 Å². The molecule has 1 N–H and O–H groups in total. The highest BCUT2D eigenvalue weighted by Gasteiger charge is 2.33. The zero-order valence-electron chi connectivity index (χ0n) is 15.1. The lowest BCUT2D eigenvalue weighted by Crippen LogP contribution is -2.50. The SMILES string of the molecule is O=CN1CCN(C(=O)C2CCC(C(=O)NCc3ccccc3)CC2)CC1. The van der Waals surface area contributed by atoms with Crippen molar-refractivity contribution in [1.29, 1.82) is 0 Å². The molecule has 0 spiro atoms. The highest BCUT2D eigenvalue weighted by molar-refractivity contribution is 5.81. The zero-order chi connectivity index (χ0) is 18.4. The number of piperazine rings is 1. The van der Waals surface area contributed by atoms with E-state index in [-0.39, 0.29) is 23.7 Å². The van der Waals surface area contributed by atoms with Gasteiger partial charge in [0.1, 0.15) is 0 Å². The summed E-state index contributed by atoms with van der Waals surface area (Å²) in [5, 5.41) is 3.01. The van der Waals surface area contributed by atoms with Gasteiger partial charge < -0.3 is 15.1 Å². The van der Waals surface area contributed by atoms with Crippen LogP contribution in [0.2, 0.25) is 0 Å². The second-order valence-electron chi connectivity index (χ2n) is 7.22. The molecule has 1 aromatic carbocycles. The first-order valence-electron chi connectivity index (χ1n) is 9.47. The van der Waals surface area contributed by atoms with Crippen LogP contribution in [0.1, 0.15) is 31.2 Å². The Kier molecular flexibility index (Phi) is 6.26. The first kappa shape index (κ1) is 18.4. The molecule has 0 radical (unpaired) electrons. The molecule has 3 rings (SSSR count). The fourth-order valence-electron chi connectivity index (χ4n) is 3.84. The van der Waals surface area contributed by atoms with Gasteiger partial charge >= 0.3 is 0 Å². The number of nitrogens with one attached hydrogen (secondary N) is 1. The van der Waals surface area contributed by atoms with Crippen molar-refractivity contribution >= 4 is 18.2 Å². The molecule has 1 saturated carbocycles. The summed E-state index contributed by atoms with van der Waals surface area (Å²) in [6.45, 7) is 3.03. The molecule has 2 fully saturated rings. The van der Waals surface area contributed by atoms with Gasteiger partial charge in [0.2, 0.25) is 18.2 Å². The van der Waals surface area contributed by atoms with E-state index in [1.165, 1.54) is 0 Å². The summed E-state index contributed by atoms with van der Waals surface area (Å²) in [6, 6.07) is 9.89. The van der Waals surface area contributed by atoms with E-state index in [1.807, 2.05) is 35.2 Å². The van der Waals surface area contributed by atoms with E-state index in [0.29, 0.717) is 32.7 Å². The average Bonchev–Trinajstić information content (AvgIpc) is 2.72. The monoisotopic (exact) mass is 357 g/mol. The Labute approximate surface area is 154 Å². The number of benzene rings is 1. The van der Waals surface area contributed by atoms with Crippen LogP contribution in [0.4, 0.5) is 0 Å². The highest BCUT2D eigenvalue weighted by Crippen LogP contribution is 2.30. The van der Waals surface area contributed by atoms with E-state index in [1.54, 1.807) is 4.90 Å². The topological polar surface area (TPSA) is 69.7 Å². The van der Waals surface area contributed by atoms with Crippen molar-refractivity contribution in [2.75, 3.05) is 26.2 Å². The summed E-state index contributed by atoms with van der Waals surface area (Å²) in [7, 11) is 0. The van der Waals surface area contributed by atoms with Crippen LogP contribution in [-0.4, -0.2) is 54.2 Å². The first-order valence-corrected chi connectivity index (χ1v) is 9.47. The molecule has 1 aliphatic carbocycles. The van der Waals surface area contributed by atoms with Crippen molar-refractivity contribution in [2.24, 2.45) is 11.8 Å². The van der Waals surface area contributed by atoms with E-state index < -0.39 is 0 Å². The van der Waals surface area contributed by atoms with Crippen molar-refractivity contribution in [1.82, 2.24) is 15.1 Å². The molecular formula is C20H27N3O3. The minimum Gasteiger partial charge on any atom is -0.352 e. The third kappa shape index (κ3) is 4.62. The fourth-order valence-corrected chi connectivity index (χ4v) is 3.84. The van der Waals surface area contributed by atoms with Gasteiger partial charge in [-0.05, 0) is 31.2 Å². The van der Waals surface area contributed by atoms with Crippen LogP contribution in [-0.2, 0) is 20.9 Å². The second kappa shape index (κ2) is 8.83.